The van der Waals surface area contributed by atoms with Crippen LogP contribution < -0.4 is 5.32 Å². The van der Waals surface area contributed by atoms with Crippen LogP contribution in [0.2, 0.25) is 0 Å². The molecule has 2 rings (SSSR count). The van der Waals surface area contributed by atoms with Crippen LogP contribution in [0.4, 0.5) is 5.13 Å². The molecule has 1 aliphatic rings. The summed E-state index contributed by atoms with van der Waals surface area (Å²) in [5.41, 5.74) is 0. The Bertz CT molecular complexity index is 395. The highest BCUT2D eigenvalue weighted by atomic mass is 32.1. The largest absolute Gasteiger partial charge is 0.300 e. The first kappa shape index (κ1) is 13.5. The molecule has 4 nitrogen and oxygen atoms in total. The summed E-state index contributed by atoms with van der Waals surface area (Å²) in [6.07, 6.45) is 6.53. The molecule has 1 N–H and O–H groups in total. The molecule has 0 bridgehead atoms. The lowest BCUT2D eigenvalue weighted by atomic mass is 10.1. The molecule has 1 amide bonds. The van der Waals surface area contributed by atoms with Gasteiger partial charge >= 0.3 is 0 Å². The molecule has 0 radical (unpaired) electrons. The van der Waals surface area contributed by atoms with Crippen molar-refractivity contribution in [1.29, 1.82) is 0 Å². The molecule has 18 heavy (non-hydrogen) atoms. The second kappa shape index (κ2) is 6.27. The van der Waals surface area contributed by atoms with E-state index in [0.29, 0.717) is 11.0 Å². The summed E-state index contributed by atoms with van der Waals surface area (Å²) in [6, 6.07) is 0. The quantitative estimate of drug-likeness (QED) is 0.887. The third kappa shape index (κ3) is 3.07. The molecular formula is C13H21N3OS. The van der Waals surface area contributed by atoms with Crippen molar-refractivity contribution in [1.82, 2.24) is 10.2 Å². The predicted molar refractivity (Wildman–Crippen MR) is 73.8 cm³/mol. The minimum Gasteiger partial charge on any atom is -0.300 e. The summed E-state index contributed by atoms with van der Waals surface area (Å²) in [5, 5.41) is 12.9. The van der Waals surface area contributed by atoms with E-state index in [9.17, 15) is 4.79 Å². The number of anilines is 1. The Kier molecular flexibility index (Phi) is 4.69. The van der Waals surface area contributed by atoms with Gasteiger partial charge in [0.1, 0.15) is 5.01 Å². The Hall–Kier alpha value is -0.970. The number of rotatable bonds is 5. The molecule has 1 saturated carbocycles. The molecule has 0 saturated heterocycles. The van der Waals surface area contributed by atoms with Gasteiger partial charge in [-0.3, -0.25) is 4.79 Å². The fraction of sp³-hybridized carbons (Fsp3) is 0.769. The Morgan fingerprint density at radius 2 is 2.00 bits per heavy atom. The van der Waals surface area contributed by atoms with Crippen LogP contribution >= 0.6 is 11.3 Å². The average molecular weight is 267 g/mol. The number of hydrogen-bond acceptors (Lipinski definition) is 4. The van der Waals surface area contributed by atoms with Crippen molar-refractivity contribution in [3.05, 3.63) is 5.01 Å². The van der Waals surface area contributed by atoms with Crippen LogP contribution in [0.25, 0.3) is 0 Å². The van der Waals surface area contributed by atoms with Gasteiger partial charge in [-0.2, -0.15) is 0 Å². The van der Waals surface area contributed by atoms with Crippen LogP contribution in [0.15, 0.2) is 0 Å². The van der Waals surface area contributed by atoms with Gasteiger partial charge in [-0.05, 0) is 25.7 Å². The summed E-state index contributed by atoms with van der Waals surface area (Å²) < 4.78 is 0. The van der Waals surface area contributed by atoms with Gasteiger partial charge in [0, 0.05) is 11.8 Å². The van der Waals surface area contributed by atoms with Crippen LogP contribution in [0.5, 0.6) is 0 Å². The summed E-state index contributed by atoms with van der Waals surface area (Å²) in [6.45, 7) is 4.32. The highest BCUT2D eigenvalue weighted by Gasteiger charge is 2.24. The number of amides is 1. The predicted octanol–water partition coefficient (Wildman–Crippen LogP) is 3.57. The van der Waals surface area contributed by atoms with Crippen molar-refractivity contribution in [2.45, 2.75) is 58.3 Å². The van der Waals surface area contributed by atoms with Gasteiger partial charge in [0.05, 0.1) is 0 Å². The van der Waals surface area contributed by atoms with E-state index >= 15 is 0 Å². The van der Waals surface area contributed by atoms with Crippen LogP contribution in [-0.2, 0) is 4.79 Å². The zero-order valence-corrected chi connectivity index (χ0v) is 11.9. The lowest BCUT2D eigenvalue weighted by Crippen LogP contribution is -2.20. The van der Waals surface area contributed by atoms with Crippen molar-refractivity contribution < 1.29 is 4.79 Å². The molecule has 1 fully saturated rings. The summed E-state index contributed by atoms with van der Waals surface area (Å²) in [5.74, 6) is 0.782. The van der Waals surface area contributed by atoms with Gasteiger partial charge in [0.25, 0.3) is 0 Å². The maximum Gasteiger partial charge on any atom is 0.229 e. The average Bonchev–Trinajstić information content (AvgIpc) is 3.01. The maximum absolute atomic E-state index is 12.0. The smallest absolute Gasteiger partial charge is 0.229 e. The van der Waals surface area contributed by atoms with Crippen LogP contribution in [0, 0.1) is 5.92 Å². The van der Waals surface area contributed by atoms with Gasteiger partial charge in [0.15, 0.2) is 0 Å². The number of carbonyl (C=O) groups is 1. The van der Waals surface area contributed by atoms with E-state index in [2.05, 4.69) is 29.4 Å². The molecule has 0 unspecified atom stereocenters. The summed E-state index contributed by atoms with van der Waals surface area (Å²) >= 11 is 1.52. The van der Waals surface area contributed by atoms with E-state index in [1.807, 2.05) is 0 Å². The normalized spacial score (nSPS) is 16.4. The van der Waals surface area contributed by atoms with Crippen molar-refractivity contribution in [2.75, 3.05) is 5.32 Å². The van der Waals surface area contributed by atoms with Crippen molar-refractivity contribution in [3.8, 4) is 0 Å². The second-order valence-electron chi connectivity index (χ2n) is 4.93. The van der Waals surface area contributed by atoms with E-state index in [4.69, 9.17) is 0 Å². The monoisotopic (exact) mass is 267 g/mol. The third-order valence-corrected chi connectivity index (χ3v) is 4.73. The third-order valence-electron chi connectivity index (χ3n) is 3.73. The number of hydrogen-bond donors (Lipinski definition) is 1. The Labute approximate surface area is 112 Å². The molecule has 0 aromatic carbocycles. The first-order chi connectivity index (χ1) is 8.74. The molecule has 1 aromatic heterocycles. The Morgan fingerprint density at radius 1 is 1.33 bits per heavy atom. The second-order valence-corrected chi connectivity index (χ2v) is 5.94. The van der Waals surface area contributed by atoms with Crippen LogP contribution in [-0.4, -0.2) is 16.1 Å². The SMILES string of the molecule is CCC(CC)c1nnc(NC(=O)C2CCCC2)s1. The zero-order valence-electron chi connectivity index (χ0n) is 11.1. The molecule has 1 aliphatic carbocycles. The Balaban J connectivity index is 1.95. The molecule has 1 heterocycles. The first-order valence-corrected chi connectivity index (χ1v) is 7.70. The van der Waals surface area contributed by atoms with E-state index in [1.165, 1.54) is 24.2 Å². The van der Waals surface area contributed by atoms with E-state index < -0.39 is 0 Å². The van der Waals surface area contributed by atoms with Crippen LogP contribution in [0.3, 0.4) is 0 Å². The molecule has 100 valence electrons. The summed E-state index contributed by atoms with van der Waals surface area (Å²) in [7, 11) is 0. The highest BCUT2D eigenvalue weighted by Crippen LogP contribution is 2.30. The lowest BCUT2D eigenvalue weighted by molar-refractivity contribution is -0.119. The van der Waals surface area contributed by atoms with Gasteiger partial charge in [-0.1, -0.05) is 38.0 Å². The van der Waals surface area contributed by atoms with E-state index in [1.54, 1.807) is 0 Å². The highest BCUT2D eigenvalue weighted by molar-refractivity contribution is 7.15. The first-order valence-electron chi connectivity index (χ1n) is 6.88. The fourth-order valence-electron chi connectivity index (χ4n) is 2.48. The standard InChI is InChI=1S/C13H21N3OS/c1-3-9(4-2)12-15-16-13(18-12)14-11(17)10-7-5-6-8-10/h9-10H,3-8H2,1-2H3,(H,14,16,17). The molecule has 5 heteroatoms. The number of nitrogens with one attached hydrogen (secondary N) is 1. The molecule has 1 aromatic rings. The Morgan fingerprint density at radius 3 is 2.61 bits per heavy atom. The van der Waals surface area contributed by atoms with Crippen molar-refractivity contribution in [3.63, 3.8) is 0 Å². The number of carbonyl (C=O) groups excluding carboxylic acids is 1. The van der Waals surface area contributed by atoms with Crippen molar-refractivity contribution in [2.24, 2.45) is 5.92 Å². The molecule has 0 spiro atoms. The lowest BCUT2D eigenvalue weighted by Gasteiger charge is -2.07. The minimum absolute atomic E-state index is 0.125. The van der Waals surface area contributed by atoms with Crippen molar-refractivity contribution >= 4 is 22.4 Å². The number of aromatic nitrogens is 2. The molecular weight excluding hydrogens is 246 g/mol. The van der Waals surface area contributed by atoms with Gasteiger partial charge < -0.3 is 5.32 Å². The fourth-order valence-corrected chi connectivity index (χ4v) is 3.50. The van der Waals surface area contributed by atoms with Crippen LogP contribution in [0.1, 0.15) is 63.3 Å². The van der Waals surface area contributed by atoms with Gasteiger partial charge in [-0.25, -0.2) is 0 Å². The summed E-state index contributed by atoms with van der Waals surface area (Å²) in [4.78, 5) is 12.0. The number of nitrogens with zero attached hydrogens (tertiary/aromatic N) is 2. The van der Waals surface area contributed by atoms with E-state index in [0.717, 1.165) is 30.7 Å². The van der Waals surface area contributed by atoms with Gasteiger partial charge in [-0.15, -0.1) is 10.2 Å². The maximum atomic E-state index is 12.0. The molecule has 0 aliphatic heterocycles. The van der Waals surface area contributed by atoms with E-state index in [-0.39, 0.29) is 11.8 Å². The molecule has 0 atom stereocenters. The van der Waals surface area contributed by atoms with Gasteiger partial charge in [0.2, 0.25) is 11.0 Å². The minimum atomic E-state index is 0.125. The topological polar surface area (TPSA) is 54.9 Å². The zero-order chi connectivity index (χ0) is 13.0.